The maximum atomic E-state index is 9.96. The van der Waals surface area contributed by atoms with Gasteiger partial charge in [0.05, 0.1) is 0 Å². The second-order valence-electron chi connectivity index (χ2n) is 2.71. The number of hydrogen-bond acceptors (Lipinski definition) is 2. The maximum absolute atomic E-state index is 9.96. The summed E-state index contributed by atoms with van der Waals surface area (Å²) in [5, 5.41) is 0. The third kappa shape index (κ3) is 1.67. The molecule has 0 spiro atoms. The first-order chi connectivity index (χ1) is 4.84. The van der Waals surface area contributed by atoms with Crippen molar-refractivity contribution in [2.45, 2.75) is 18.9 Å². The zero-order valence-electron chi connectivity index (χ0n) is 6.29. The number of carbonyl (C=O) groups excluding carboxylic acids is 1. The largest absolute Gasteiger partial charge is 0.300 e. The van der Waals surface area contributed by atoms with Gasteiger partial charge in [0.25, 0.3) is 0 Å². The molecule has 0 unspecified atom stereocenters. The quantitative estimate of drug-likeness (QED) is 0.417. The maximum Gasteiger partial charge on any atom is 0.142 e. The lowest BCUT2D eigenvalue weighted by Gasteiger charge is -2.13. The SMILES string of the molecule is CN1CCC[C@H]1/C=C/C=O. The highest BCUT2D eigenvalue weighted by Gasteiger charge is 2.16. The van der Waals surface area contributed by atoms with Crippen LogP contribution in [0.1, 0.15) is 12.8 Å². The van der Waals surface area contributed by atoms with Crippen LogP contribution in [0.3, 0.4) is 0 Å². The summed E-state index contributed by atoms with van der Waals surface area (Å²) >= 11 is 0. The molecule has 2 heteroatoms. The van der Waals surface area contributed by atoms with Crippen LogP contribution in [-0.4, -0.2) is 30.8 Å². The summed E-state index contributed by atoms with van der Waals surface area (Å²) in [6, 6.07) is 0.505. The van der Waals surface area contributed by atoms with E-state index in [-0.39, 0.29) is 0 Å². The van der Waals surface area contributed by atoms with Gasteiger partial charge in [0.1, 0.15) is 6.29 Å². The molecule has 1 fully saturated rings. The first-order valence-electron chi connectivity index (χ1n) is 3.67. The summed E-state index contributed by atoms with van der Waals surface area (Å²) in [6.45, 7) is 1.16. The number of likely N-dealkylation sites (N-methyl/N-ethyl adjacent to an activating group) is 1. The molecule has 0 bridgehead atoms. The molecule has 10 heavy (non-hydrogen) atoms. The van der Waals surface area contributed by atoms with Crippen molar-refractivity contribution >= 4 is 6.29 Å². The standard InChI is InChI=1S/C8H13NO/c1-9-6-2-4-8(9)5-3-7-10/h3,5,7-8H,2,4,6H2,1H3/b5-3+/t8-/m0/s1. The van der Waals surface area contributed by atoms with Gasteiger partial charge in [-0.05, 0) is 32.5 Å². The molecule has 1 rings (SSSR count). The second-order valence-corrected chi connectivity index (χ2v) is 2.71. The van der Waals surface area contributed by atoms with E-state index < -0.39 is 0 Å². The fraction of sp³-hybridized carbons (Fsp3) is 0.625. The zero-order valence-corrected chi connectivity index (χ0v) is 6.29. The molecular weight excluding hydrogens is 126 g/mol. The van der Waals surface area contributed by atoms with E-state index in [1.54, 1.807) is 6.08 Å². The smallest absolute Gasteiger partial charge is 0.142 e. The van der Waals surface area contributed by atoms with Crippen LogP contribution in [0, 0.1) is 0 Å². The van der Waals surface area contributed by atoms with Gasteiger partial charge in [0.2, 0.25) is 0 Å². The van der Waals surface area contributed by atoms with Crippen LogP contribution in [0.15, 0.2) is 12.2 Å². The van der Waals surface area contributed by atoms with Gasteiger partial charge in [0, 0.05) is 6.04 Å². The Balaban J connectivity index is 2.39. The topological polar surface area (TPSA) is 20.3 Å². The van der Waals surface area contributed by atoms with Crippen molar-refractivity contribution in [3.63, 3.8) is 0 Å². The van der Waals surface area contributed by atoms with Crippen LogP contribution in [0.2, 0.25) is 0 Å². The second kappa shape index (κ2) is 3.52. The summed E-state index contributed by atoms with van der Waals surface area (Å²) in [6.07, 6.45) is 6.85. The molecule has 0 aromatic heterocycles. The first kappa shape index (κ1) is 7.48. The third-order valence-electron chi connectivity index (χ3n) is 1.99. The summed E-state index contributed by atoms with van der Waals surface area (Å²) < 4.78 is 0. The molecule has 1 aliphatic heterocycles. The van der Waals surface area contributed by atoms with Gasteiger partial charge in [-0.15, -0.1) is 0 Å². The van der Waals surface area contributed by atoms with Crippen LogP contribution >= 0.6 is 0 Å². The van der Waals surface area contributed by atoms with Crippen molar-refractivity contribution in [3.05, 3.63) is 12.2 Å². The van der Waals surface area contributed by atoms with Crippen molar-refractivity contribution < 1.29 is 4.79 Å². The normalized spacial score (nSPS) is 27.9. The minimum atomic E-state index is 0.505. The number of nitrogens with zero attached hydrogens (tertiary/aromatic N) is 1. The van der Waals surface area contributed by atoms with Crippen LogP contribution in [0.4, 0.5) is 0 Å². The average molecular weight is 139 g/mol. The van der Waals surface area contributed by atoms with E-state index in [0.717, 1.165) is 12.8 Å². The average Bonchev–Trinajstić information content (AvgIpc) is 2.31. The number of carbonyl (C=O) groups is 1. The highest BCUT2D eigenvalue weighted by molar-refractivity contribution is 5.64. The Morgan fingerprint density at radius 3 is 2.90 bits per heavy atom. The number of allylic oxidation sites excluding steroid dienone is 1. The Bertz CT molecular complexity index is 142. The molecule has 1 atom stereocenters. The van der Waals surface area contributed by atoms with Crippen LogP contribution in [0.5, 0.6) is 0 Å². The summed E-state index contributed by atoms with van der Waals surface area (Å²) in [7, 11) is 2.09. The number of aldehydes is 1. The minimum Gasteiger partial charge on any atom is -0.300 e. The third-order valence-corrected chi connectivity index (χ3v) is 1.99. The van der Waals surface area contributed by atoms with E-state index >= 15 is 0 Å². The van der Waals surface area contributed by atoms with E-state index in [1.165, 1.54) is 12.8 Å². The Hall–Kier alpha value is -0.630. The van der Waals surface area contributed by atoms with Crippen molar-refractivity contribution in [2.75, 3.05) is 13.6 Å². The molecule has 0 N–H and O–H groups in total. The molecule has 0 aromatic rings. The van der Waals surface area contributed by atoms with E-state index in [0.29, 0.717) is 6.04 Å². The summed E-state index contributed by atoms with van der Waals surface area (Å²) in [5.41, 5.74) is 0. The Labute approximate surface area is 61.5 Å². The van der Waals surface area contributed by atoms with Gasteiger partial charge in [-0.25, -0.2) is 0 Å². The molecule has 0 amide bonds. The van der Waals surface area contributed by atoms with Gasteiger partial charge < -0.3 is 0 Å². The van der Waals surface area contributed by atoms with Crippen LogP contribution in [0.25, 0.3) is 0 Å². The van der Waals surface area contributed by atoms with E-state index in [2.05, 4.69) is 11.9 Å². The monoisotopic (exact) mass is 139 g/mol. The highest BCUT2D eigenvalue weighted by Crippen LogP contribution is 2.14. The lowest BCUT2D eigenvalue weighted by molar-refractivity contribution is -0.104. The molecule has 0 radical (unpaired) electrons. The fourth-order valence-electron chi connectivity index (χ4n) is 1.35. The summed E-state index contributed by atoms with van der Waals surface area (Å²) in [5.74, 6) is 0. The Morgan fingerprint density at radius 2 is 2.40 bits per heavy atom. The molecule has 0 aromatic carbocycles. The van der Waals surface area contributed by atoms with Gasteiger partial charge in [-0.2, -0.15) is 0 Å². The predicted octanol–water partition coefficient (Wildman–Crippen LogP) is 0.836. The van der Waals surface area contributed by atoms with E-state index in [4.69, 9.17) is 0 Å². The fourth-order valence-corrected chi connectivity index (χ4v) is 1.35. The molecule has 1 heterocycles. The van der Waals surface area contributed by atoms with Crippen LogP contribution < -0.4 is 0 Å². The Morgan fingerprint density at radius 1 is 1.60 bits per heavy atom. The molecular formula is C8H13NO. The molecule has 2 nitrogen and oxygen atoms in total. The summed E-state index contributed by atoms with van der Waals surface area (Å²) in [4.78, 5) is 12.2. The zero-order chi connectivity index (χ0) is 7.40. The highest BCUT2D eigenvalue weighted by atomic mass is 16.1. The lowest BCUT2D eigenvalue weighted by Crippen LogP contribution is -2.22. The van der Waals surface area contributed by atoms with Gasteiger partial charge in [0.15, 0.2) is 0 Å². The van der Waals surface area contributed by atoms with Crippen molar-refractivity contribution in [1.29, 1.82) is 0 Å². The van der Waals surface area contributed by atoms with Gasteiger partial charge in [-0.3, -0.25) is 9.69 Å². The van der Waals surface area contributed by atoms with Gasteiger partial charge >= 0.3 is 0 Å². The minimum absolute atomic E-state index is 0.505. The predicted molar refractivity (Wildman–Crippen MR) is 40.9 cm³/mol. The van der Waals surface area contributed by atoms with Crippen LogP contribution in [-0.2, 0) is 4.79 Å². The first-order valence-corrected chi connectivity index (χ1v) is 3.67. The molecule has 1 aliphatic rings. The molecule has 1 saturated heterocycles. The van der Waals surface area contributed by atoms with Crippen molar-refractivity contribution in [3.8, 4) is 0 Å². The number of rotatable bonds is 2. The van der Waals surface area contributed by atoms with Gasteiger partial charge in [-0.1, -0.05) is 6.08 Å². The lowest BCUT2D eigenvalue weighted by atomic mass is 10.2. The molecule has 0 aliphatic carbocycles. The molecule has 56 valence electrons. The Kier molecular flexibility index (Phi) is 2.63. The van der Waals surface area contributed by atoms with E-state index in [9.17, 15) is 4.79 Å². The van der Waals surface area contributed by atoms with E-state index in [1.807, 2.05) is 6.08 Å². The molecule has 0 saturated carbocycles. The van der Waals surface area contributed by atoms with Crippen molar-refractivity contribution in [2.24, 2.45) is 0 Å². The number of likely N-dealkylation sites (tertiary alicyclic amines) is 1. The van der Waals surface area contributed by atoms with Crippen molar-refractivity contribution in [1.82, 2.24) is 4.90 Å². The number of hydrogen-bond donors (Lipinski definition) is 0.